The van der Waals surface area contributed by atoms with E-state index >= 15 is 0 Å². The number of aromatic amines is 1. The molecule has 0 amide bonds. The SMILES string of the molecule is CCCCCCCc1cc(=O)c2ccc(C(F)(F)F)cc2[nH]1. The van der Waals surface area contributed by atoms with Crippen molar-refractivity contribution in [3.05, 3.63) is 45.7 Å². The van der Waals surface area contributed by atoms with Crippen molar-refractivity contribution >= 4 is 10.9 Å². The predicted molar refractivity (Wildman–Crippen MR) is 82.0 cm³/mol. The summed E-state index contributed by atoms with van der Waals surface area (Å²) in [6.45, 7) is 2.14. The fourth-order valence-electron chi connectivity index (χ4n) is 2.54. The number of alkyl halides is 3. The molecule has 0 saturated heterocycles. The highest BCUT2D eigenvalue weighted by Gasteiger charge is 2.30. The van der Waals surface area contributed by atoms with Crippen LogP contribution in [0.25, 0.3) is 10.9 Å². The van der Waals surface area contributed by atoms with Gasteiger partial charge in [-0.1, -0.05) is 32.6 Å². The number of aromatic nitrogens is 1. The van der Waals surface area contributed by atoms with Gasteiger partial charge in [-0.15, -0.1) is 0 Å². The Balaban J connectivity index is 2.21. The van der Waals surface area contributed by atoms with E-state index in [0.29, 0.717) is 17.5 Å². The molecule has 0 fully saturated rings. The van der Waals surface area contributed by atoms with Crippen LogP contribution in [-0.4, -0.2) is 4.98 Å². The van der Waals surface area contributed by atoms with Crippen molar-refractivity contribution in [2.45, 2.75) is 51.6 Å². The van der Waals surface area contributed by atoms with Gasteiger partial charge in [-0.05, 0) is 31.0 Å². The molecule has 1 N–H and O–H groups in total. The molecule has 2 rings (SSSR count). The summed E-state index contributed by atoms with van der Waals surface area (Å²) in [6.07, 6.45) is 1.77. The highest BCUT2D eigenvalue weighted by Crippen LogP contribution is 2.30. The number of H-pyrrole nitrogens is 1. The number of benzene rings is 1. The monoisotopic (exact) mass is 311 g/mol. The molecule has 0 saturated carbocycles. The van der Waals surface area contributed by atoms with Gasteiger partial charge in [-0.25, -0.2) is 0 Å². The van der Waals surface area contributed by atoms with Gasteiger partial charge in [0.1, 0.15) is 0 Å². The zero-order valence-corrected chi connectivity index (χ0v) is 12.6. The minimum atomic E-state index is -4.40. The van der Waals surface area contributed by atoms with E-state index in [-0.39, 0.29) is 10.9 Å². The van der Waals surface area contributed by atoms with Crippen molar-refractivity contribution in [1.82, 2.24) is 4.98 Å². The van der Waals surface area contributed by atoms with Gasteiger partial charge in [0, 0.05) is 17.1 Å². The molecule has 0 unspecified atom stereocenters. The van der Waals surface area contributed by atoms with Gasteiger partial charge in [-0.2, -0.15) is 13.2 Å². The Morgan fingerprint density at radius 2 is 1.77 bits per heavy atom. The van der Waals surface area contributed by atoms with Gasteiger partial charge < -0.3 is 4.98 Å². The molecule has 0 atom stereocenters. The molecule has 0 aliphatic rings. The van der Waals surface area contributed by atoms with Crippen LogP contribution in [0.2, 0.25) is 0 Å². The fraction of sp³-hybridized carbons (Fsp3) is 0.471. The Morgan fingerprint density at radius 1 is 1.05 bits per heavy atom. The summed E-state index contributed by atoms with van der Waals surface area (Å²) in [7, 11) is 0. The highest BCUT2D eigenvalue weighted by atomic mass is 19.4. The average molecular weight is 311 g/mol. The van der Waals surface area contributed by atoms with Crippen molar-refractivity contribution in [3.63, 3.8) is 0 Å². The second-order valence-corrected chi connectivity index (χ2v) is 5.58. The molecular weight excluding hydrogens is 291 g/mol. The Kier molecular flexibility index (Phi) is 5.27. The van der Waals surface area contributed by atoms with Crippen molar-refractivity contribution in [2.75, 3.05) is 0 Å². The summed E-state index contributed by atoms with van der Waals surface area (Å²) in [6, 6.07) is 4.69. The van der Waals surface area contributed by atoms with Gasteiger partial charge in [0.15, 0.2) is 5.43 Å². The Hall–Kier alpha value is -1.78. The van der Waals surface area contributed by atoms with Gasteiger partial charge in [0.05, 0.1) is 11.1 Å². The molecule has 0 aliphatic heterocycles. The second-order valence-electron chi connectivity index (χ2n) is 5.58. The third-order valence-electron chi connectivity index (χ3n) is 3.76. The van der Waals surface area contributed by atoms with Crippen LogP contribution in [0.4, 0.5) is 13.2 Å². The molecule has 2 aromatic rings. The Bertz CT molecular complexity index is 688. The summed E-state index contributed by atoms with van der Waals surface area (Å²) < 4.78 is 38.2. The molecule has 1 aromatic carbocycles. The molecule has 22 heavy (non-hydrogen) atoms. The molecule has 1 aromatic heterocycles. The van der Waals surface area contributed by atoms with E-state index in [4.69, 9.17) is 0 Å². The summed E-state index contributed by atoms with van der Waals surface area (Å²) >= 11 is 0. The van der Waals surface area contributed by atoms with E-state index < -0.39 is 11.7 Å². The van der Waals surface area contributed by atoms with Crippen LogP contribution in [-0.2, 0) is 12.6 Å². The smallest absolute Gasteiger partial charge is 0.358 e. The molecule has 120 valence electrons. The summed E-state index contributed by atoms with van der Waals surface area (Å²) in [4.78, 5) is 15.0. The maximum atomic E-state index is 12.7. The number of fused-ring (bicyclic) bond motifs is 1. The van der Waals surface area contributed by atoms with Crippen molar-refractivity contribution < 1.29 is 13.2 Å². The quantitative estimate of drug-likeness (QED) is 0.743. The first-order chi connectivity index (χ1) is 10.4. The van der Waals surface area contributed by atoms with Crippen LogP contribution in [0.1, 0.15) is 50.3 Å². The number of unbranched alkanes of at least 4 members (excludes halogenated alkanes) is 4. The standard InChI is InChI=1S/C17H20F3NO/c1-2-3-4-5-6-7-13-11-16(22)14-9-8-12(17(18,19)20)10-15(14)21-13/h8-11H,2-7H2,1H3,(H,21,22). The Labute approximate surface area is 127 Å². The number of pyridine rings is 1. The zero-order chi connectivity index (χ0) is 16.2. The first kappa shape index (κ1) is 16.6. The Morgan fingerprint density at radius 3 is 2.45 bits per heavy atom. The predicted octanol–water partition coefficient (Wildman–Crippen LogP) is 5.06. The topological polar surface area (TPSA) is 32.9 Å². The van der Waals surface area contributed by atoms with Crippen LogP contribution in [0.5, 0.6) is 0 Å². The lowest BCUT2D eigenvalue weighted by Crippen LogP contribution is -2.09. The number of rotatable bonds is 6. The fourth-order valence-corrected chi connectivity index (χ4v) is 2.54. The van der Waals surface area contributed by atoms with Crippen molar-refractivity contribution in [1.29, 1.82) is 0 Å². The summed E-state index contributed by atoms with van der Waals surface area (Å²) in [5.41, 5.74) is -0.0130. The number of halogens is 3. The van der Waals surface area contributed by atoms with Crippen LogP contribution in [0.3, 0.4) is 0 Å². The molecule has 0 spiro atoms. The van der Waals surface area contributed by atoms with Gasteiger partial charge >= 0.3 is 6.18 Å². The third-order valence-corrected chi connectivity index (χ3v) is 3.76. The maximum absolute atomic E-state index is 12.7. The number of aryl methyl sites for hydroxylation is 1. The zero-order valence-electron chi connectivity index (χ0n) is 12.6. The van der Waals surface area contributed by atoms with Crippen molar-refractivity contribution in [3.8, 4) is 0 Å². The van der Waals surface area contributed by atoms with E-state index in [0.717, 1.165) is 37.8 Å². The number of hydrogen-bond donors (Lipinski definition) is 1. The third kappa shape index (κ3) is 4.12. The second kappa shape index (κ2) is 6.99. The first-order valence-electron chi connectivity index (χ1n) is 7.65. The first-order valence-corrected chi connectivity index (χ1v) is 7.65. The van der Waals surface area contributed by atoms with E-state index in [1.165, 1.54) is 18.6 Å². The van der Waals surface area contributed by atoms with E-state index in [2.05, 4.69) is 11.9 Å². The van der Waals surface area contributed by atoms with Crippen molar-refractivity contribution in [2.24, 2.45) is 0 Å². The minimum absolute atomic E-state index is 0.231. The van der Waals surface area contributed by atoms with Gasteiger partial charge in [-0.3, -0.25) is 4.79 Å². The average Bonchev–Trinajstić information content (AvgIpc) is 2.45. The number of hydrogen-bond acceptors (Lipinski definition) is 1. The lowest BCUT2D eigenvalue weighted by molar-refractivity contribution is -0.137. The van der Waals surface area contributed by atoms with Crippen LogP contribution in [0, 0.1) is 0 Å². The normalized spacial score (nSPS) is 12.0. The maximum Gasteiger partial charge on any atom is 0.416 e. The highest BCUT2D eigenvalue weighted by molar-refractivity contribution is 5.79. The molecule has 5 heteroatoms. The molecule has 2 nitrogen and oxygen atoms in total. The molecule has 0 bridgehead atoms. The molecular formula is C17H20F3NO. The lowest BCUT2D eigenvalue weighted by Gasteiger charge is -2.09. The minimum Gasteiger partial charge on any atom is -0.358 e. The number of nitrogens with one attached hydrogen (secondary N) is 1. The van der Waals surface area contributed by atoms with Gasteiger partial charge in [0.2, 0.25) is 0 Å². The summed E-state index contributed by atoms with van der Waals surface area (Å²) in [5.74, 6) is 0. The van der Waals surface area contributed by atoms with Crippen LogP contribution < -0.4 is 5.43 Å². The van der Waals surface area contributed by atoms with E-state index in [1.54, 1.807) is 0 Å². The molecule has 0 radical (unpaired) electrons. The molecule has 1 heterocycles. The van der Waals surface area contributed by atoms with Crippen LogP contribution in [0.15, 0.2) is 29.1 Å². The lowest BCUT2D eigenvalue weighted by atomic mass is 10.1. The molecule has 0 aliphatic carbocycles. The summed E-state index contributed by atoms with van der Waals surface area (Å²) in [5, 5.41) is 0.294. The van der Waals surface area contributed by atoms with E-state index in [9.17, 15) is 18.0 Å². The largest absolute Gasteiger partial charge is 0.416 e. The van der Waals surface area contributed by atoms with Gasteiger partial charge in [0.25, 0.3) is 0 Å². The van der Waals surface area contributed by atoms with E-state index in [1.807, 2.05) is 0 Å². The van der Waals surface area contributed by atoms with Crippen LogP contribution >= 0.6 is 0 Å².